The van der Waals surface area contributed by atoms with Gasteiger partial charge >= 0.3 is 0 Å². The second kappa shape index (κ2) is 3.88. The molecule has 4 rings (SSSR count). The average molecular weight is 286 g/mol. The number of hydrogen-bond donors (Lipinski definition) is 2. The SMILES string of the molecule is O=c1[nH]c(=S)[nH]c2sc3c(c12)CCc1ccccc1-3. The molecule has 0 saturated heterocycles. The van der Waals surface area contributed by atoms with Crippen LogP contribution in [-0.4, -0.2) is 9.97 Å². The zero-order chi connectivity index (χ0) is 13.0. The number of hydrogen-bond acceptors (Lipinski definition) is 3. The molecule has 3 nitrogen and oxygen atoms in total. The van der Waals surface area contributed by atoms with Crippen LogP contribution < -0.4 is 5.56 Å². The van der Waals surface area contributed by atoms with E-state index in [1.54, 1.807) is 11.3 Å². The quantitative estimate of drug-likeness (QED) is 0.622. The Morgan fingerprint density at radius 2 is 2.00 bits per heavy atom. The lowest BCUT2D eigenvalue weighted by molar-refractivity contribution is 0.954. The van der Waals surface area contributed by atoms with Crippen LogP contribution in [-0.2, 0) is 12.8 Å². The Kier molecular flexibility index (Phi) is 2.28. The molecule has 2 aromatic heterocycles. The van der Waals surface area contributed by atoms with Gasteiger partial charge in [-0.2, -0.15) is 0 Å². The lowest BCUT2D eigenvalue weighted by atomic mass is 9.90. The summed E-state index contributed by atoms with van der Waals surface area (Å²) < 4.78 is 0.393. The maximum atomic E-state index is 12.1. The van der Waals surface area contributed by atoms with Crippen molar-refractivity contribution in [2.24, 2.45) is 0 Å². The molecule has 0 unspecified atom stereocenters. The van der Waals surface area contributed by atoms with Gasteiger partial charge in [-0.05, 0) is 41.7 Å². The Hall–Kier alpha value is -1.72. The van der Waals surface area contributed by atoms with E-state index in [0.717, 1.165) is 28.6 Å². The summed E-state index contributed by atoms with van der Waals surface area (Å²) in [4.78, 5) is 20.0. The van der Waals surface area contributed by atoms with E-state index in [-0.39, 0.29) is 5.56 Å². The lowest BCUT2D eigenvalue weighted by Crippen LogP contribution is -2.10. The summed E-state index contributed by atoms with van der Waals surface area (Å²) in [5.41, 5.74) is 3.70. The molecule has 0 amide bonds. The Labute approximate surface area is 117 Å². The van der Waals surface area contributed by atoms with Crippen LogP contribution in [0.25, 0.3) is 20.7 Å². The smallest absolute Gasteiger partial charge is 0.260 e. The van der Waals surface area contributed by atoms with Gasteiger partial charge in [0.05, 0.1) is 5.39 Å². The van der Waals surface area contributed by atoms with Gasteiger partial charge in [0.1, 0.15) is 4.83 Å². The van der Waals surface area contributed by atoms with Gasteiger partial charge in [0.2, 0.25) is 0 Å². The fourth-order valence-electron chi connectivity index (χ4n) is 2.77. The van der Waals surface area contributed by atoms with Gasteiger partial charge in [0, 0.05) is 4.88 Å². The Balaban J connectivity index is 2.17. The lowest BCUT2D eigenvalue weighted by Gasteiger charge is -2.15. The van der Waals surface area contributed by atoms with Gasteiger partial charge in [-0.25, -0.2) is 0 Å². The predicted molar refractivity (Wildman–Crippen MR) is 80.5 cm³/mol. The average Bonchev–Trinajstić information content (AvgIpc) is 2.77. The molecular formula is C14H10N2OS2. The van der Waals surface area contributed by atoms with Crippen LogP contribution in [0.1, 0.15) is 11.1 Å². The molecule has 0 fully saturated rings. The van der Waals surface area contributed by atoms with Crippen LogP contribution in [0.15, 0.2) is 29.1 Å². The van der Waals surface area contributed by atoms with Crippen molar-refractivity contribution < 1.29 is 0 Å². The van der Waals surface area contributed by atoms with Gasteiger partial charge < -0.3 is 4.98 Å². The minimum absolute atomic E-state index is 0.0735. The molecule has 2 N–H and O–H groups in total. The van der Waals surface area contributed by atoms with Crippen LogP contribution in [0.5, 0.6) is 0 Å². The van der Waals surface area contributed by atoms with Gasteiger partial charge in [0.25, 0.3) is 5.56 Å². The highest BCUT2D eigenvalue weighted by Gasteiger charge is 2.22. The minimum Gasteiger partial charge on any atom is -0.323 e. The van der Waals surface area contributed by atoms with Crippen molar-refractivity contribution in [1.82, 2.24) is 9.97 Å². The van der Waals surface area contributed by atoms with Gasteiger partial charge in [0.15, 0.2) is 4.77 Å². The van der Waals surface area contributed by atoms with E-state index < -0.39 is 0 Å². The van der Waals surface area contributed by atoms with Crippen LogP contribution in [0, 0.1) is 4.77 Å². The van der Waals surface area contributed by atoms with Crippen LogP contribution >= 0.6 is 23.6 Å². The molecule has 1 aromatic carbocycles. The summed E-state index contributed by atoms with van der Waals surface area (Å²) in [7, 11) is 0. The highest BCUT2D eigenvalue weighted by atomic mass is 32.1. The molecule has 1 aliphatic carbocycles. The predicted octanol–water partition coefficient (Wildman–Crippen LogP) is 3.41. The standard InChI is InChI=1S/C14H10N2OS2/c17-12-10-9-6-5-7-3-1-2-4-8(7)11(9)19-13(10)16-14(18)15-12/h1-4H,5-6H2,(H2,15,16,17,18). The van der Waals surface area contributed by atoms with Crippen molar-refractivity contribution in [2.75, 3.05) is 0 Å². The number of aromatic amines is 2. The fraction of sp³-hybridized carbons (Fsp3) is 0.143. The van der Waals surface area contributed by atoms with E-state index in [9.17, 15) is 4.79 Å². The van der Waals surface area contributed by atoms with E-state index in [1.165, 1.54) is 16.0 Å². The number of aryl methyl sites for hydroxylation is 2. The molecule has 0 saturated carbocycles. The molecule has 19 heavy (non-hydrogen) atoms. The van der Waals surface area contributed by atoms with Crippen LogP contribution in [0.4, 0.5) is 0 Å². The normalized spacial score (nSPS) is 13.3. The van der Waals surface area contributed by atoms with E-state index in [0.29, 0.717) is 4.77 Å². The summed E-state index contributed by atoms with van der Waals surface area (Å²) in [5.74, 6) is 0. The third-order valence-electron chi connectivity index (χ3n) is 3.59. The highest BCUT2D eigenvalue weighted by molar-refractivity contribution is 7.71. The topological polar surface area (TPSA) is 48.6 Å². The number of benzene rings is 1. The third kappa shape index (κ3) is 1.55. The van der Waals surface area contributed by atoms with Crippen molar-refractivity contribution >= 4 is 33.8 Å². The van der Waals surface area contributed by atoms with Crippen LogP contribution in [0.2, 0.25) is 0 Å². The number of thiophene rings is 1. The molecule has 0 bridgehead atoms. The van der Waals surface area contributed by atoms with E-state index >= 15 is 0 Å². The maximum Gasteiger partial charge on any atom is 0.260 e. The molecular weight excluding hydrogens is 276 g/mol. The first kappa shape index (κ1) is 11.1. The van der Waals surface area contributed by atoms with E-state index in [2.05, 4.69) is 28.2 Å². The minimum atomic E-state index is -0.0735. The molecule has 0 spiro atoms. The number of H-pyrrole nitrogens is 2. The Bertz CT molecular complexity index is 917. The second-order valence-corrected chi connectivity index (χ2v) is 6.11. The van der Waals surface area contributed by atoms with Gasteiger partial charge in [-0.1, -0.05) is 24.3 Å². The summed E-state index contributed by atoms with van der Waals surface area (Å²) in [5, 5.41) is 0.781. The maximum absolute atomic E-state index is 12.1. The molecule has 2 heterocycles. The highest BCUT2D eigenvalue weighted by Crippen LogP contribution is 2.41. The summed E-state index contributed by atoms with van der Waals surface area (Å²) in [6.45, 7) is 0. The number of rotatable bonds is 0. The van der Waals surface area contributed by atoms with E-state index in [4.69, 9.17) is 12.2 Å². The first-order valence-electron chi connectivity index (χ1n) is 6.10. The second-order valence-electron chi connectivity index (χ2n) is 4.68. The van der Waals surface area contributed by atoms with Gasteiger partial charge in [-0.3, -0.25) is 9.78 Å². The Morgan fingerprint density at radius 1 is 1.16 bits per heavy atom. The zero-order valence-electron chi connectivity index (χ0n) is 9.95. The Morgan fingerprint density at radius 3 is 2.89 bits per heavy atom. The largest absolute Gasteiger partial charge is 0.323 e. The third-order valence-corrected chi connectivity index (χ3v) is 4.98. The van der Waals surface area contributed by atoms with Crippen molar-refractivity contribution in [3.63, 3.8) is 0 Å². The molecule has 0 radical (unpaired) electrons. The molecule has 0 atom stereocenters. The van der Waals surface area contributed by atoms with Crippen molar-refractivity contribution in [3.8, 4) is 10.4 Å². The summed E-state index contributed by atoms with van der Waals surface area (Å²) in [6.07, 6.45) is 1.91. The number of nitrogens with one attached hydrogen (secondary N) is 2. The molecule has 1 aliphatic rings. The zero-order valence-corrected chi connectivity index (χ0v) is 11.6. The van der Waals surface area contributed by atoms with E-state index in [1.807, 2.05) is 6.07 Å². The van der Waals surface area contributed by atoms with Crippen LogP contribution in [0.3, 0.4) is 0 Å². The fourth-order valence-corrected chi connectivity index (χ4v) is 4.34. The summed E-state index contributed by atoms with van der Waals surface area (Å²) in [6, 6.07) is 8.41. The first-order valence-corrected chi connectivity index (χ1v) is 7.33. The molecule has 5 heteroatoms. The molecule has 94 valence electrons. The molecule has 3 aromatic rings. The number of fused-ring (bicyclic) bond motifs is 5. The van der Waals surface area contributed by atoms with Crippen molar-refractivity contribution in [1.29, 1.82) is 0 Å². The van der Waals surface area contributed by atoms with Crippen molar-refractivity contribution in [3.05, 3.63) is 50.5 Å². The first-order chi connectivity index (χ1) is 9.24. The number of aromatic nitrogens is 2. The monoisotopic (exact) mass is 286 g/mol. The van der Waals surface area contributed by atoms with Crippen molar-refractivity contribution in [2.45, 2.75) is 12.8 Å². The van der Waals surface area contributed by atoms with Gasteiger partial charge in [-0.15, -0.1) is 11.3 Å². The summed E-state index contributed by atoms with van der Waals surface area (Å²) >= 11 is 6.67. The molecule has 0 aliphatic heterocycles.